The standard InChI is InChI=1S/C16H23NO4/c1-4-9-21-16(20)13-10-12(7-8-14(13)18)17-15(19)11(5-2)6-3/h7-8,10-11,18H,4-6,9H2,1-3H3,(H,17,19). The Balaban J connectivity index is 2.86. The summed E-state index contributed by atoms with van der Waals surface area (Å²) in [5.74, 6) is -0.891. The van der Waals surface area contributed by atoms with Crippen LogP contribution in [0, 0.1) is 5.92 Å². The molecule has 1 rings (SSSR count). The summed E-state index contributed by atoms with van der Waals surface area (Å²) in [6, 6.07) is 4.38. The van der Waals surface area contributed by atoms with Gasteiger partial charge in [0.15, 0.2) is 0 Å². The zero-order valence-corrected chi connectivity index (χ0v) is 12.8. The summed E-state index contributed by atoms with van der Waals surface area (Å²) in [5.41, 5.74) is 0.541. The molecule has 2 N–H and O–H groups in total. The number of amides is 1. The van der Waals surface area contributed by atoms with Crippen molar-refractivity contribution in [1.82, 2.24) is 0 Å². The van der Waals surface area contributed by atoms with Crippen molar-refractivity contribution in [1.29, 1.82) is 0 Å². The van der Waals surface area contributed by atoms with Gasteiger partial charge in [-0.1, -0.05) is 20.8 Å². The first-order valence-electron chi connectivity index (χ1n) is 7.34. The minimum atomic E-state index is -0.590. The number of carbonyl (C=O) groups excluding carboxylic acids is 2. The number of hydrogen-bond acceptors (Lipinski definition) is 4. The second kappa shape index (κ2) is 8.29. The third-order valence-electron chi connectivity index (χ3n) is 3.28. The van der Waals surface area contributed by atoms with Gasteiger partial charge >= 0.3 is 5.97 Å². The summed E-state index contributed by atoms with van der Waals surface area (Å²) in [6.45, 7) is 6.10. The number of ether oxygens (including phenoxy) is 1. The minimum absolute atomic E-state index is 0.0608. The van der Waals surface area contributed by atoms with E-state index in [1.165, 1.54) is 12.1 Å². The van der Waals surface area contributed by atoms with Crippen LogP contribution >= 0.6 is 0 Å². The van der Waals surface area contributed by atoms with E-state index in [9.17, 15) is 14.7 Å². The molecule has 0 fully saturated rings. The van der Waals surface area contributed by atoms with Crippen molar-refractivity contribution in [2.45, 2.75) is 40.0 Å². The monoisotopic (exact) mass is 293 g/mol. The number of carbonyl (C=O) groups is 2. The normalized spacial score (nSPS) is 10.5. The van der Waals surface area contributed by atoms with Crippen molar-refractivity contribution < 1.29 is 19.4 Å². The summed E-state index contributed by atoms with van der Waals surface area (Å²) < 4.78 is 5.00. The highest BCUT2D eigenvalue weighted by Crippen LogP contribution is 2.23. The largest absolute Gasteiger partial charge is 0.507 e. The van der Waals surface area contributed by atoms with Crippen molar-refractivity contribution in [3.63, 3.8) is 0 Å². The Hall–Kier alpha value is -2.04. The van der Waals surface area contributed by atoms with E-state index >= 15 is 0 Å². The quantitative estimate of drug-likeness (QED) is 0.597. The van der Waals surface area contributed by atoms with Crippen LogP contribution in [0.5, 0.6) is 5.75 Å². The smallest absolute Gasteiger partial charge is 0.341 e. The SMILES string of the molecule is CCCOC(=O)c1cc(NC(=O)C(CC)CC)ccc1O. The van der Waals surface area contributed by atoms with Crippen LogP contribution in [-0.2, 0) is 9.53 Å². The van der Waals surface area contributed by atoms with Gasteiger partial charge in [0.25, 0.3) is 0 Å². The molecule has 0 aliphatic rings. The topological polar surface area (TPSA) is 75.6 Å². The number of phenols is 1. The molecule has 116 valence electrons. The summed E-state index contributed by atoms with van der Waals surface area (Å²) >= 11 is 0. The van der Waals surface area contributed by atoms with Gasteiger partial charge in [-0.2, -0.15) is 0 Å². The molecule has 0 atom stereocenters. The fraction of sp³-hybridized carbons (Fsp3) is 0.500. The molecule has 1 aromatic rings. The van der Waals surface area contributed by atoms with E-state index in [0.717, 1.165) is 12.8 Å². The average molecular weight is 293 g/mol. The lowest BCUT2D eigenvalue weighted by atomic mass is 10.0. The number of nitrogens with one attached hydrogen (secondary N) is 1. The third kappa shape index (κ3) is 4.77. The molecule has 0 aliphatic heterocycles. The van der Waals surface area contributed by atoms with Gasteiger partial charge in [0.1, 0.15) is 11.3 Å². The van der Waals surface area contributed by atoms with Crippen LogP contribution in [-0.4, -0.2) is 23.6 Å². The molecule has 0 radical (unpaired) electrons. The van der Waals surface area contributed by atoms with E-state index < -0.39 is 5.97 Å². The lowest BCUT2D eigenvalue weighted by molar-refractivity contribution is -0.120. The summed E-state index contributed by atoms with van der Waals surface area (Å²) in [5, 5.41) is 12.5. The third-order valence-corrected chi connectivity index (χ3v) is 3.28. The summed E-state index contributed by atoms with van der Waals surface area (Å²) in [6.07, 6.45) is 2.22. The Morgan fingerprint density at radius 2 is 1.90 bits per heavy atom. The average Bonchev–Trinajstić information content (AvgIpc) is 2.48. The van der Waals surface area contributed by atoms with Gasteiger partial charge in [0, 0.05) is 11.6 Å². The maximum Gasteiger partial charge on any atom is 0.341 e. The Labute approximate surface area is 125 Å². The number of phenolic OH excluding ortho intramolecular Hbond substituents is 1. The fourth-order valence-corrected chi connectivity index (χ4v) is 1.95. The number of anilines is 1. The molecule has 1 amide bonds. The summed E-state index contributed by atoms with van der Waals surface area (Å²) in [7, 11) is 0. The van der Waals surface area contributed by atoms with Gasteiger partial charge in [-0.3, -0.25) is 4.79 Å². The van der Waals surface area contributed by atoms with Crippen LogP contribution in [0.2, 0.25) is 0 Å². The molecule has 5 heteroatoms. The first kappa shape index (κ1) is 17.0. The molecule has 1 aromatic carbocycles. The van der Waals surface area contributed by atoms with E-state index in [1.54, 1.807) is 6.07 Å². The van der Waals surface area contributed by atoms with Crippen LogP contribution in [0.25, 0.3) is 0 Å². The second-order valence-corrected chi connectivity index (χ2v) is 4.87. The molecule has 0 heterocycles. The van der Waals surface area contributed by atoms with Crippen LogP contribution < -0.4 is 5.32 Å². The molecule has 0 saturated heterocycles. The van der Waals surface area contributed by atoms with Crippen LogP contribution in [0.1, 0.15) is 50.4 Å². The van der Waals surface area contributed by atoms with Crippen molar-refractivity contribution in [3.05, 3.63) is 23.8 Å². The maximum atomic E-state index is 12.0. The highest BCUT2D eigenvalue weighted by atomic mass is 16.5. The minimum Gasteiger partial charge on any atom is -0.507 e. The highest BCUT2D eigenvalue weighted by Gasteiger charge is 2.17. The molecule has 0 aromatic heterocycles. The van der Waals surface area contributed by atoms with E-state index in [4.69, 9.17) is 4.74 Å². The number of hydrogen-bond donors (Lipinski definition) is 2. The zero-order chi connectivity index (χ0) is 15.8. The van der Waals surface area contributed by atoms with Crippen LogP contribution in [0.4, 0.5) is 5.69 Å². The Morgan fingerprint density at radius 1 is 1.24 bits per heavy atom. The summed E-state index contributed by atoms with van der Waals surface area (Å²) in [4.78, 5) is 23.8. The first-order chi connectivity index (χ1) is 10.0. The molecule has 21 heavy (non-hydrogen) atoms. The first-order valence-corrected chi connectivity index (χ1v) is 7.34. The Kier molecular flexibility index (Phi) is 6.72. The Bertz CT molecular complexity index is 495. The van der Waals surface area contributed by atoms with Gasteiger partial charge in [-0.15, -0.1) is 0 Å². The van der Waals surface area contributed by atoms with Crippen LogP contribution in [0.15, 0.2) is 18.2 Å². The fourth-order valence-electron chi connectivity index (χ4n) is 1.95. The van der Waals surface area contributed by atoms with Gasteiger partial charge in [-0.25, -0.2) is 4.79 Å². The lowest BCUT2D eigenvalue weighted by Gasteiger charge is -2.13. The van der Waals surface area contributed by atoms with E-state index in [-0.39, 0.29) is 23.1 Å². The van der Waals surface area contributed by atoms with Gasteiger partial charge in [-0.05, 0) is 37.5 Å². The highest BCUT2D eigenvalue weighted by molar-refractivity contribution is 5.97. The van der Waals surface area contributed by atoms with Gasteiger partial charge in [0.05, 0.1) is 6.61 Å². The van der Waals surface area contributed by atoms with Crippen molar-refractivity contribution >= 4 is 17.6 Å². The van der Waals surface area contributed by atoms with Crippen molar-refractivity contribution in [2.75, 3.05) is 11.9 Å². The second-order valence-electron chi connectivity index (χ2n) is 4.87. The number of rotatable bonds is 7. The number of benzene rings is 1. The molecule has 0 bridgehead atoms. The molecule has 0 saturated carbocycles. The molecule has 0 aliphatic carbocycles. The van der Waals surface area contributed by atoms with Gasteiger partial charge < -0.3 is 15.2 Å². The number of esters is 1. The molecular weight excluding hydrogens is 270 g/mol. The predicted molar refractivity (Wildman–Crippen MR) is 81.4 cm³/mol. The zero-order valence-electron chi connectivity index (χ0n) is 12.8. The van der Waals surface area contributed by atoms with E-state index in [2.05, 4.69) is 5.32 Å². The lowest BCUT2D eigenvalue weighted by Crippen LogP contribution is -2.21. The predicted octanol–water partition coefficient (Wildman–Crippen LogP) is 3.33. The van der Waals surface area contributed by atoms with Crippen LogP contribution in [0.3, 0.4) is 0 Å². The molecular formula is C16H23NO4. The van der Waals surface area contributed by atoms with E-state index in [1.807, 2.05) is 20.8 Å². The maximum absolute atomic E-state index is 12.0. The molecule has 0 spiro atoms. The molecule has 5 nitrogen and oxygen atoms in total. The van der Waals surface area contributed by atoms with Crippen molar-refractivity contribution in [3.8, 4) is 5.75 Å². The van der Waals surface area contributed by atoms with Gasteiger partial charge in [0.2, 0.25) is 5.91 Å². The number of aromatic hydroxyl groups is 1. The van der Waals surface area contributed by atoms with E-state index in [0.29, 0.717) is 18.7 Å². The molecule has 0 unspecified atom stereocenters. The Morgan fingerprint density at radius 3 is 2.48 bits per heavy atom. The van der Waals surface area contributed by atoms with Crippen molar-refractivity contribution in [2.24, 2.45) is 5.92 Å².